The van der Waals surface area contributed by atoms with Gasteiger partial charge in [0.05, 0.1) is 6.54 Å². The lowest BCUT2D eigenvalue weighted by atomic mass is 10.3. The largest absolute Gasteiger partial charge is 0.325 e. The number of carbonyl (C=O) groups is 1. The lowest BCUT2D eigenvalue weighted by molar-refractivity contribution is -0.115. The van der Waals surface area contributed by atoms with Crippen molar-refractivity contribution in [3.05, 3.63) is 24.3 Å². The Morgan fingerprint density at radius 1 is 1.26 bits per heavy atom. The van der Waals surface area contributed by atoms with Crippen LogP contribution < -0.4 is 10.6 Å². The smallest absolute Gasteiger partial charge is 0.238 e. The number of anilines is 1. The molecule has 1 aliphatic carbocycles. The maximum Gasteiger partial charge on any atom is 0.238 e. The van der Waals surface area contributed by atoms with Crippen molar-refractivity contribution < 1.29 is 4.79 Å². The van der Waals surface area contributed by atoms with Gasteiger partial charge < -0.3 is 10.6 Å². The average Bonchev–Trinajstić information content (AvgIpc) is 2.91. The Hall–Kier alpha value is -1.00. The molecule has 0 radical (unpaired) electrons. The van der Waals surface area contributed by atoms with Crippen LogP contribution in [0.15, 0.2) is 29.2 Å². The number of hydrogen-bond donors (Lipinski definition) is 2. The molecule has 4 heteroatoms. The van der Waals surface area contributed by atoms with E-state index >= 15 is 0 Å². The lowest BCUT2D eigenvalue weighted by Crippen LogP contribution is -2.27. The Morgan fingerprint density at radius 2 is 1.95 bits per heavy atom. The van der Waals surface area contributed by atoms with Gasteiger partial charge in [0.1, 0.15) is 0 Å². The number of carbonyl (C=O) groups excluding carboxylic acids is 1. The molecule has 19 heavy (non-hydrogen) atoms. The summed E-state index contributed by atoms with van der Waals surface area (Å²) in [5.74, 6) is 0.0121. The number of thioether (sulfide) groups is 1. The zero-order valence-corrected chi connectivity index (χ0v) is 12.3. The lowest BCUT2D eigenvalue weighted by Gasteiger charge is -2.10. The monoisotopic (exact) mass is 278 g/mol. The van der Waals surface area contributed by atoms with Gasteiger partial charge in [-0.15, -0.1) is 11.8 Å². The van der Waals surface area contributed by atoms with Crippen LogP contribution in [0, 0.1) is 0 Å². The predicted octanol–water partition coefficient (Wildman–Crippen LogP) is 3.27. The molecule has 0 saturated heterocycles. The van der Waals surface area contributed by atoms with Crippen molar-refractivity contribution in [2.24, 2.45) is 0 Å². The Morgan fingerprint density at radius 3 is 2.58 bits per heavy atom. The third-order valence-corrected chi connectivity index (χ3v) is 4.63. The van der Waals surface area contributed by atoms with Crippen LogP contribution in [-0.4, -0.2) is 24.2 Å². The molecular formula is C15H22N2OS. The van der Waals surface area contributed by atoms with Crippen LogP contribution in [0.1, 0.15) is 32.6 Å². The first kappa shape index (κ1) is 14.4. The van der Waals surface area contributed by atoms with Crippen LogP contribution in [0.5, 0.6) is 0 Å². The number of hydrogen-bond acceptors (Lipinski definition) is 3. The van der Waals surface area contributed by atoms with Crippen LogP contribution in [-0.2, 0) is 4.79 Å². The second kappa shape index (κ2) is 7.56. The Balaban J connectivity index is 1.82. The van der Waals surface area contributed by atoms with E-state index in [0.717, 1.165) is 17.5 Å². The fraction of sp³-hybridized carbons (Fsp3) is 0.533. The minimum absolute atomic E-state index is 0.0121. The van der Waals surface area contributed by atoms with E-state index in [9.17, 15) is 4.79 Å². The summed E-state index contributed by atoms with van der Waals surface area (Å²) in [4.78, 5) is 12.9. The molecule has 1 aromatic rings. The van der Waals surface area contributed by atoms with E-state index in [2.05, 4.69) is 22.8 Å². The summed E-state index contributed by atoms with van der Waals surface area (Å²) >= 11 is 1.97. The SMILES string of the molecule is CCNCC(=O)Nc1ccc(SC2CCCC2)cc1. The van der Waals surface area contributed by atoms with E-state index in [1.165, 1.54) is 30.6 Å². The number of amides is 1. The molecule has 0 bridgehead atoms. The van der Waals surface area contributed by atoms with E-state index in [4.69, 9.17) is 0 Å². The van der Waals surface area contributed by atoms with Gasteiger partial charge in [-0.1, -0.05) is 19.8 Å². The molecule has 2 rings (SSSR count). The van der Waals surface area contributed by atoms with Crippen molar-refractivity contribution in [1.29, 1.82) is 0 Å². The van der Waals surface area contributed by atoms with Gasteiger partial charge in [-0.25, -0.2) is 0 Å². The summed E-state index contributed by atoms with van der Waals surface area (Å²) in [5.41, 5.74) is 0.874. The molecule has 1 aliphatic rings. The first-order chi connectivity index (χ1) is 9.28. The molecule has 0 spiro atoms. The third-order valence-electron chi connectivity index (χ3n) is 3.28. The second-order valence-corrected chi connectivity index (χ2v) is 6.25. The van der Waals surface area contributed by atoms with Crippen LogP contribution in [0.25, 0.3) is 0 Å². The first-order valence-corrected chi connectivity index (χ1v) is 7.93. The minimum atomic E-state index is 0.0121. The molecule has 3 nitrogen and oxygen atoms in total. The van der Waals surface area contributed by atoms with E-state index in [1.807, 2.05) is 30.8 Å². The third kappa shape index (κ3) is 4.88. The molecule has 0 unspecified atom stereocenters. The van der Waals surface area contributed by atoms with Crippen LogP contribution >= 0.6 is 11.8 Å². The second-order valence-electron chi connectivity index (χ2n) is 4.88. The van der Waals surface area contributed by atoms with Gasteiger partial charge in [0.25, 0.3) is 0 Å². The normalized spacial score (nSPS) is 15.6. The van der Waals surface area contributed by atoms with Gasteiger partial charge in [-0.3, -0.25) is 4.79 Å². The number of likely N-dealkylation sites (N-methyl/N-ethyl adjacent to an activating group) is 1. The van der Waals surface area contributed by atoms with E-state index in [0.29, 0.717) is 6.54 Å². The standard InChI is InChI=1S/C15H22N2OS/c1-2-16-11-15(18)17-12-7-9-14(10-8-12)19-13-5-3-4-6-13/h7-10,13,16H,2-6,11H2,1H3,(H,17,18). The highest BCUT2D eigenvalue weighted by Crippen LogP contribution is 2.34. The van der Waals surface area contributed by atoms with Gasteiger partial charge in [0.15, 0.2) is 0 Å². The van der Waals surface area contributed by atoms with E-state index < -0.39 is 0 Å². The topological polar surface area (TPSA) is 41.1 Å². The summed E-state index contributed by atoms with van der Waals surface area (Å²) in [7, 11) is 0. The average molecular weight is 278 g/mol. The van der Waals surface area contributed by atoms with Crippen LogP contribution in [0.2, 0.25) is 0 Å². The van der Waals surface area contributed by atoms with Crippen molar-refractivity contribution >= 4 is 23.4 Å². The van der Waals surface area contributed by atoms with Gasteiger partial charge in [0.2, 0.25) is 5.91 Å². The number of benzene rings is 1. The maximum atomic E-state index is 11.6. The number of rotatable bonds is 6. The Bertz CT molecular complexity index is 399. The minimum Gasteiger partial charge on any atom is -0.325 e. The van der Waals surface area contributed by atoms with Crippen molar-refractivity contribution in [1.82, 2.24) is 5.32 Å². The first-order valence-electron chi connectivity index (χ1n) is 7.05. The quantitative estimate of drug-likeness (QED) is 0.839. The summed E-state index contributed by atoms with van der Waals surface area (Å²) in [6.07, 6.45) is 5.42. The molecule has 0 aliphatic heterocycles. The number of nitrogens with one attached hydrogen (secondary N) is 2. The van der Waals surface area contributed by atoms with Crippen molar-refractivity contribution in [2.45, 2.75) is 42.8 Å². The van der Waals surface area contributed by atoms with Crippen LogP contribution in [0.3, 0.4) is 0 Å². The molecule has 1 saturated carbocycles. The van der Waals surface area contributed by atoms with Crippen LogP contribution in [0.4, 0.5) is 5.69 Å². The molecule has 0 heterocycles. The van der Waals surface area contributed by atoms with E-state index in [1.54, 1.807) is 0 Å². The highest BCUT2D eigenvalue weighted by Gasteiger charge is 2.15. The van der Waals surface area contributed by atoms with Gasteiger partial charge in [-0.2, -0.15) is 0 Å². The van der Waals surface area contributed by atoms with Gasteiger partial charge in [-0.05, 0) is 43.7 Å². The molecule has 1 fully saturated rings. The summed E-state index contributed by atoms with van der Waals surface area (Å²) in [6.45, 7) is 3.17. The molecular weight excluding hydrogens is 256 g/mol. The van der Waals surface area contributed by atoms with Gasteiger partial charge in [0, 0.05) is 15.8 Å². The molecule has 1 amide bonds. The zero-order valence-electron chi connectivity index (χ0n) is 11.4. The predicted molar refractivity (Wildman–Crippen MR) is 81.7 cm³/mol. The fourth-order valence-corrected chi connectivity index (χ4v) is 3.51. The van der Waals surface area contributed by atoms with Gasteiger partial charge >= 0.3 is 0 Å². The van der Waals surface area contributed by atoms with Crippen molar-refractivity contribution in [3.63, 3.8) is 0 Å². The summed E-state index contributed by atoms with van der Waals surface area (Å²) in [5, 5.41) is 6.68. The fourth-order valence-electron chi connectivity index (χ4n) is 2.26. The summed E-state index contributed by atoms with van der Waals surface area (Å²) in [6, 6.07) is 8.18. The highest BCUT2D eigenvalue weighted by molar-refractivity contribution is 8.00. The molecule has 104 valence electrons. The molecule has 1 aromatic carbocycles. The van der Waals surface area contributed by atoms with E-state index in [-0.39, 0.29) is 5.91 Å². The molecule has 0 aromatic heterocycles. The van der Waals surface area contributed by atoms with Crippen molar-refractivity contribution in [3.8, 4) is 0 Å². The highest BCUT2D eigenvalue weighted by atomic mass is 32.2. The Labute approximate surface area is 119 Å². The molecule has 2 N–H and O–H groups in total. The zero-order chi connectivity index (χ0) is 13.5. The van der Waals surface area contributed by atoms with Crippen molar-refractivity contribution in [2.75, 3.05) is 18.4 Å². The Kier molecular flexibility index (Phi) is 5.73. The molecule has 0 atom stereocenters. The summed E-state index contributed by atoms with van der Waals surface area (Å²) < 4.78 is 0. The maximum absolute atomic E-state index is 11.6.